The Morgan fingerprint density at radius 2 is 2.15 bits per heavy atom. The molecular formula is C13H18F2N2O3. The van der Waals surface area contributed by atoms with Gasteiger partial charge < -0.3 is 20.9 Å². The van der Waals surface area contributed by atoms with Gasteiger partial charge in [-0.1, -0.05) is 0 Å². The molecule has 5 nitrogen and oxygen atoms in total. The van der Waals surface area contributed by atoms with Crippen LogP contribution in [0.25, 0.3) is 0 Å². The minimum Gasteiger partial charge on any atom is -0.491 e. The third-order valence-electron chi connectivity index (χ3n) is 2.54. The Kier molecular flexibility index (Phi) is 6.33. The van der Waals surface area contributed by atoms with Crippen LogP contribution in [0.3, 0.4) is 0 Å². The van der Waals surface area contributed by atoms with Crippen LogP contribution >= 0.6 is 0 Å². The van der Waals surface area contributed by atoms with E-state index in [-0.39, 0.29) is 31.4 Å². The van der Waals surface area contributed by atoms with Gasteiger partial charge in [-0.15, -0.1) is 0 Å². The molecule has 2 unspecified atom stereocenters. The van der Waals surface area contributed by atoms with Gasteiger partial charge in [-0.05, 0) is 19.1 Å². The standard InChI is InChI=1S/C13H18F2N2O3/c1-8(4-13(16)19)17-6-9(18)7-20-10-2-3-11(14)12(15)5-10/h2-3,5,8-9,17-18H,4,6-7H2,1H3,(H2,16,19). The number of halogens is 2. The van der Waals surface area contributed by atoms with E-state index in [9.17, 15) is 18.7 Å². The van der Waals surface area contributed by atoms with Crippen LogP contribution in [0.1, 0.15) is 13.3 Å². The lowest BCUT2D eigenvalue weighted by atomic mass is 10.2. The van der Waals surface area contributed by atoms with Crippen LogP contribution in [0, 0.1) is 11.6 Å². The number of ether oxygens (including phenoxy) is 1. The van der Waals surface area contributed by atoms with E-state index in [0.717, 1.165) is 12.1 Å². The van der Waals surface area contributed by atoms with Crippen LogP contribution in [0.15, 0.2) is 18.2 Å². The van der Waals surface area contributed by atoms with Crippen molar-refractivity contribution in [1.29, 1.82) is 0 Å². The maximum Gasteiger partial charge on any atom is 0.218 e. The van der Waals surface area contributed by atoms with Crippen molar-refractivity contribution in [1.82, 2.24) is 5.32 Å². The zero-order valence-electron chi connectivity index (χ0n) is 11.1. The highest BCUT2D eigenvalue weighted by atomic mass is 19.2. The minimum atomic E-state index is -1.01. The lowest BCUT2D eigenvalue weighted by molar-refractivity contribution is -0.118. The van der Waals surface area contributed by atoms with E-state index in [1.807, 2.05) is 0 Å². The van der Waals surface area contributed by atoms with E-state index in [4.69, 9.17) is 10.5 Å². The maximum absolute atomic E-state index is 12.9. The zero-order chi connectivity index (χ0) is 15.1. The predicted octanol–water partition coefficient (Wildman–Crippen LogP) is 0.558. The summed E-state index contributed by atoms with van der Waals surface area (Å²) in [6, 6.07) is 2.97. The van der Waals surface area contributed by atoms with E-state index in [1.54, 1.807) is 6.92 Å². The third-order valence-corrected chi connectivity index (χ3v) is 2.54. The first kappa shape index (κ1) is 16.3. The molecule has 20 heavy (non-hydrogen) atoms. The molecule has 0 heterocycles. The van der Waals surface area contributed by atoms with E-state index in [2.05, 4.69) is 5.32 Å². The van der Waals surface area contributed by atoms with Crippen LogP contribution in [0.2, 0.25) is 0 Å². The van der Waals surface area contributed by atoms with Gasteiger partial charge in [0.25, 0.3) is 0 Å². The molecule has 0 aliphatic heterocycles. The summed E-state index contributed by atoms with van der Waals surface area (Å²) in [4.78, 5) is 10.7. The topological polar surface area (TPSA) is 84.6 Å². The van der Waals surface area contributed by atoms with Crippen molar-refractivity contribution in [2.75, 3.05) is 13.2 Å². The molecule has 0 saturated heterocycles. The number of benzene rings is 1. The fourth-order valence-corrected chi connectivity index (χ4v) is 1.53. The highest BCUT2D eigenvalue weighted by Gasteiger charge is 2.10. The summed E-state index contributed by atoms with van der Waals surface area (Å²) in [7, 11) is 0. The normalized spacial score (nSPS) is 13.8. The SMILES string of the molecule is CC(CC(N)=O)NCC(O)COc1ccc(F)c(F)c1. The first-order chi connectivity index (χ1) is 9.38. The molecule has 2 atom stereocenters. The molecule has 0 aliphatic carbocycles. The van der Waals surface area contributed by atoms with Gasteiger partial charge in [-0.3, -0.25) is 4.79 Å². The molecule has 4 N–H and O–H groups in total. The Hall–Kier alpha value is -1.73. The predicted molar refractivity (Wildman–Crippen MR) is 69.1 cm³/mol. The molecule has 112 valence electrons. The minimum absolute atomic E-state index is 0.0820. The summed E-state index contributed by atoms with van der Waals surface area (Å²) in [5.41, 5.74) is 5.03. The van der Waals surface area contributed by atoms with Crippen molar-refractivity contribution in [3.63, 3.8) is 0 Å². The molecule has 1 aromatic rings. The van der Waals surface area contributed by atoms with E-state index in [0.29, 0.717) is 0 Å². The average Bonchev–Trinajstić information content (AvgIpc) is 2.37. The molecule has 0 radical (unpaired) electrons. The summed E-state index contributed by atoms with van der Waals surface area (Å²) < 4.78 is 30.7. The molecule has 0 spiro atoms. The smallest absolute Gasteiger partial charge is 0.218 e. The van der Waals surface area contributed by atoms with Crippen LogP contribution in [-0.4, -0.2) is 36.3 Å². The number of primary amides is 1. The van der Waals surface area contributed by atoms with Crippen molar-refractivity contribution in [3.8, 4) is 5.75 Å². The lowest BCUT2D eigenvalue weighted by Gasteiger charge is -2.16. The second kappa shape index (κ2) is 7.76. The van der Waals surface area contributed by atoms with Gasteiger partial charge in [-0.25, -0.2) is 8.78 Å². The fourth-order valence-electron chi connectivity index (χ4n) is 1.53. The van der Waals surface area contributed by atoms with Crippen LogP contribution < -0.4 is 15.8 Å². The number of rotatable bonds is 8. The summed E-state index contributed by atoms with van der Waals surface area (Å²) >= 11 is 0. The lowest BCUT2D eigenvalue weighted by Crippen LogP contribution is -2.38. The highest BCUT2D eigenvalue weighted by molar-refractivity contribution is 5.74. The van der Waals surface area contributed by atoms with Crippen molar-refractivity contribution in [3.05, 3.63) is 29.8 Å². The van der Waals surface area contributed by atoms with Crippen molar-refractivity contribution in [2.24, 2.45) is 5.73 Å². The summed E-state index contributed by atoms with van der Waals surface area (Å²) in [6.45, 7) is 1.87. The molecule has 0 saturated carbocycles. The number of amides is 1. The van der Waals surface area contributed by atoms with Gasteiger partial charge in [-0.2, -0.15) is 0 Å². The number of carbonyl (C=O) groups is 1. The molecular weight excluding hydrogens is 270 g/mol. The average molecular weight is 288 g/mol. The Balaban J connectivity index is 2.30. The molecule has 0 fully saturated rings. The number of nitrogens with two attached hydrogens (primary N) is 1. The van der Waals surface area contributed by atoms with Gasteiger partial charge in [0.1, 0.15) is 18.5 Å². The molecule has 1 rings (SSSR count). The van der Waals surface area contributed by atoms with E-state index in [1.165, 1.54) is 6.07 Å². The van der Waals surface area contributed by atoms with Crippen LogP contribution in [0.5, 0.6) is 5.75 Å². The summed E-state index contributed by atoms with van der Waals surface area (Å²) in [5.74, 6) is -2.27. The van der Waals surface area contributed by atoms with Crippen LogP contribution in [0.4, 0.5) is 8.78 Å². The zero-order valence-corrected chi connectivity index (χ0v) is 11.1. The largest absolute Gasteiger partial charge is 0.491 e. The first-order valence-electron chi connectivity index (χ1n) is 6.16. The molecule has 1 amide bonds. The quantitative estimate of drug-likeness (QED) is 0.652. The van der Waals surface area contributed by atoms with Gasteiger partial charge in [0.05, 0.1) is 0 Å². The molecule has 0 aliphatic rings. The number of nitrogens with one attached hydrogen (secondary N) is 1. The van der Waals surface area contributed by atoms with Crippen molar-refractivity contribution < 1.29 is 23.4 Å². The summed E-state index contributed by atoms with van der Waals surface area (Å²) in [5, 5.41) is 12.6. The fraction of sp³-hybridized carbons (Fsp3) is 0.462. The van der Waals surface area contributed by atoms with Gasteiger partial charge in [0, 0.05) is 25.1 Å². The van der Waals surface area contributed by atoms with Gasteiger partial charge in [0.2, 0.25) is 5.91 Å². The van der Waals surface area contributed by atoms with Crippen molar-refractivity contribution >= 4 is 5.91 Å². The number of hydrogen-bond donors (Lipinski definition) is 3. The summed E-state index contributed by atoms with van der Waals surface area (Å²) in [6.07, 6.45) is -0.685. The number of carbonyl (C=O) groups excluding carboxylic acids is 1. The number of aliphatic hydroxyl groups is 1. The van der Waals surface area contributed by atoms with Crippen LogP contribution in [-0.2, 0) is 4.79 Å². The Labute approximate surface area is 115 Å². The molecule has 7 heteroatoms. The Morgan fingerprint density at radius 1 is 1.45 bits per heavy atom. The molecule has 0 bridgehead atoms. The number of aliphatic hydroxyl groups excluding tert-OH is 1. The van der Waals surface area contributed by atoms with E-state index >= 15 is 0 Å². The highest BCUT2D eigenvalue weighted by Crippen LogP contribution is 2.15. The van der Waals surface area contributed by atoms with Gasteiger partial charge >= 0.3 is 0 Å². The van der Waals surface area contributed by atoms with E-state index < -0.39 is 23.6 Å². The first-order valence-corrected chi connectivity index (χ1v) is 6.16. The Bertz CT molecular complexity index is 457. The number of hydrogen-bond acceptors (Lipinski definition) is 4. The maximum atomic E-state index is 12.9. The molecule has 1 aromatic carbocycles. The third kappa shape index (κ3) is 5.94. The second-order valence-electron chi connectivity index (χ2n) is 4.52. The molecule has 0 aromatic heterocycles. The Morgan fingerprint density at radius 3 is 2.75 bits per heavy atom. The van der Waals surface area contributed by atoms with Crippen molar-refractivity contribution in [2.45, 2.75) is 25.5 Å². The monoisotopic (exact) mass is 288 g/mol. The second-order valence-corrected chi connectivity index (χ2v) is 4.52. The van der Waals surface area contributed by atoms with Gasteiger partial charge in [0.15, 0.2) is 11.6 Å².